The number of nitrogens with zero attached hydrogens (tertiary/aromatic N) is 2. The normalized spacial score (nSPS) is 17.9. The van der Waals surface area contributed by atoms with Crippen molar-refractivity contribution in [2.75, 3.05) is 11.9 Å². The summed E-state index contributed by atoms with van der Waals surface area (Å²) in [5, 5.41) is 4.93. The third kappa shape index (κ3) is 1.39. The molecule has 0 fully saturated rings. The van der Waals surface area contributed by atoms with E-state index >= 15 is 0 Å². The van der Waals surface area contributed by atoms with Crippen LogP contribution in [0.3, 0.4) is 0 Å². The van der Waals surface area contributed by atoms with Crippen molar-refractivity contribution < 1.29 is 0 Å². The Morgan fingerprint density at radius 1 is 1.29 bits per heavy atom. The Bertz CT molecular complexity index is 670. The van der Waals surface area contributed by atoms with Gasteiger partial charge in [0.15, 0.2) is 0 Å². The zero-order valence-corrected chi connectivity index (χ0v) is 12.0. The van der Waals surface area contributed by atoms with Crippen molar-refractivity contribution in [3.8, 4) is 0 Å². The number of nitrogens with one attached hydrogen (secondary N) is 1. The predicted molar refractivity (Wildman–Crippen MR) is 72.6 cm³/mol. The van der Waals surface area contributed by atoms with Crippen molar-refractivity contribution in [2.24, 2.45) is 0 Å². The molecule has 2 aliphatic rings. The minimum absolute atomic E-state index is 0.443. The number of anilines is 1. The van der Waals surface area contributed by atoms with E-state index in [1.54, 1.807) is 10.0 Å². The number of hydrogen-bond donors (Lipinski definition) is 1. The van der Waals surface area contributed by atoms with Crippen molar-refractivity contribution in [2.45, 2.75) is 32.2 Å². The molecule has 5 heteroatoms. The first-order chi connectivity index (χ1) is 8.34. The summed E-state index contributed by atoms with van der Waals surface area (Å²) in [7, 11) is 0. The molecular formula is C12H13N3SSe. The van der Waals surface area contributed by atoms with Crippen LogP contribution in [0.2, 0.25) is 0 Å². The molecule has 2 aromatic heterocycles. The number of fused-ring (bicyclic) bond motifs is 5. The summed E-state index contributed by atoms with van der Waals surface area (Å²) < 4.78 is 5.92. The molecule has 0 atom stereocenters. The van der Waals surface area contributed by atoms with Gasteiger partial charge in [0.25, 0.3) is 0 Å². The summed E-state index contributed by atoms with van der Waals surface area (Å²) in [5.41, 5.74) is 1.60. The molecule has 0 saturated carbocycles. The van der Waals surface area contributed by atoms with Crippen LogP contribution in [0.4, 0.5) is 5.82 Å². The van der Waals surface area contributed by atoms with Gasteiger partial charge in [-0.1, -0.05) is 0 Å². The fourth-order valence-corrected chi connectivity index (χ4v) is 5.98. The zero-order valence-electron chi connectivity index (χ0n) is 9.45. The molecule has 17 heavy (non-hydrogen) atoms. The average molecular weight is 310 g/mol. The quantitative estimate of drug-likeness (QED) is 0.597. The van der Waals surface area contributed by atoms with E-state index in [0.717, 1.165) is 17.9 Å². The molecule has 2 aromatic rings. The van der Waals surface area contributed by atoms with Gasteiger partial charge in [-0.3, -0.25) is 0 Å². The Morgan fingerprint density at radius 2 is 2.18 bits per heavy atom. The number of aromatic nitrogens is 2. The number of hydrogen-bond acceptors (Lipinski definition) is 3. The van der Waals surface area contributed by atoms with Crippen LogP contribution in [0, 0.1) is 4.77 Å². The summed E-state index contributed by atoms with van der Waals surface area (Å²) in [6.07, 6.45) is 5.23. The summed E-state index contributed by atoms with van der Waals surface area (Å²) in [6, 6.07) is 0. The first-order valence-corrected chi connectivity index (χ1v) is 8.26. The molecule has 1 aliphatic heterocycles. The van der Waals surface area contributed by atoms with Gasteiger partial charge in [-0.2, -0.15) is 0 Å². The van der Waals surface area contributed by atoms with Crippen LogP contribution in [0.1, 0.15) is 22.8 Å². The molecule has 0 saturated heterocycles. The van der Waals surface area contributed by atoms with Gasteiger partial charge in [0.1, 0.15) is 0 Å². The first-order valence-electron chi connectivity index (χ1n) is 6.13. The van der Waals surface area contributed by atoms with Crippen molar-refractivity contribution >= 4 is 42.3 Å². The van der Waals surface area contributed by atoms with E-state index in [1.165, 1.54) is 41.3 Å². The van der Waals surface area contributed by atoms with E-state index in [2.05, 4.69) is 14.9 Å². The average Bonchev–Trinajstić information content (AvgIpc) is 2.90. The molecule has 0 aromatic carbocycles. The Hall–Kier alpha value is -0.641. The van der Waals surface area contributed by atoms with E-state index < -0.39 is 0 Å². The van der Waals surface area contributed by atoms with E-state index in [9.17, 15) is 0 Å². The molecule has 88 valence electrons. The molecule has 1 aliphatic carbocycles. The molecule has 3 nitrogen and oxygen atoms in total. The van der Waals surface area contributed by atoms with Gasteiger partial charge in [0, 0.05) is 0 Å². The maximum absolute atomic E-state index is 5.39. The van der Waals surface area contributed by atoms with Crippen LogP contribution in [-0.2, 0) is 19.4 Å². The third-order valence-electron chi connectivity index (χ3n) is 3.72. The molecule has 0 bridgehead atoms. The molecule has 1 N–H and O–H groups in total. The van der Waals surface area contributed by atoms with Crippen molar-refractivity contribution in [3.05, 3.63) is 14.8 Å². The molecule has 4 rings (SSSR count). The summed E-state index contributed by atoms with van der Waals surface area (Å²) in [4.78, 5) is 4.67. The topological polar surface area (TPSA) is 29.9 Å². The van der Waals surface area contributed by atoms with Crippen molar-refractivity contribution in [1.29, 1.82) is 0 Å². The van der Waals surface area contributed by atoms with Crippen LogP contribution in [0.15, 0.2) is 0 Å². The number of aryl methyl sites for hydroxylation is 2. The molecule has 0 unspecified atom stereocenters. The van der Waals surface area contributed by atoms with E-state index in [4.69, 9.17) is 12.2 Å². The van der Waals surface area contributed by atoms with Crippen LogP contribution < -0.4 is 5.32 Å². The zero-order chi connectivity index (χ0) is 11.4. The van der Waals surface area contributed by atoms with Gasteiger partial charge in [0.2, 0.25) is 0 Å². The first kappa shape index (κ1) is 10.3. The SMILES string of the molecule is S=c1nc2[se]c3c(c2c2n1CCN2)CCCC3. The maximum atomic E-state index is 5.39. The van der Waals surface area contributed by atoms with E-state index in [1.807, 2.05) is 0 Å². The molecule has 0 spiro atoms. The predicted octanol–water partition coefficient (Wildman–Crippen LogP) is 2.13. The third-order valence-corrected chi connectivity index (χ3v) is 6.51. The van der Waals surface area contributed by atoms with Crippen LogP contribution in [0.5, 0.6) is 0 Å². The standard InChI is InChI=1S/C12H13N3SSe/c16-12-14-11-9(10-13-5-6-15(10)12)7-3-1-2-4-8(7)17-11/h13H,1-6H2. The fourth-order valence-electron chi connectivity index (χ4n) is 2.93. The van der Waals surface area contributed by atoms with E-state index in [-0.39, 0.29) is 0 Å². The number of rotatable bonds is 0. The minimum atomic E-state index is 0.443. The summed E-state index contributed by atoms with van der Waals surface area (Å²) >= 11 is 5.83. The molecule has 0 radical (unpaired) electrons. The van der Waals surface area contributed by atoms with Crippen LogP contribution in [-0.4, -0.2) is 30.6 Å². The molecule has 0 amide bonds. The van der Waals surface area contributed by atoms with Crippen LogP contribution >= 0.6 is 12.2 Å². The van der Waals surface area contributed by atoms with Crippen LogP contribution in [0.25, 0.3) is 9.78 Å². The van der Waals surface area contributed by atoms with E-state index in [0.29, 0.717) is 14.5 Å². The Labute approximate surface area is 111 Å². The van der Waals surface area contributed by atoms with Gasteiger partial charge >= 0.3 is 111 Å². The Balaban J connectivity index is 2.14. The van der Waals surface area contributed by atoms with Crippen molar-refractivity contribution in [3.63, 3.8) is 0 Å². The molecular weight excluding hydrogens is 297 g/mol. The fraction of sp³-hybridized carbons (Fsp3) is 0.500. The van der Waals surface area contributed by atoms with Crippen molar-refractivity contribution in [1.82, 2.24) is 9.55 Å². The second-order valence-electron chi connectivity index (χ2n) is 4.71. The van der Waals surface area contributed by atoms with Gasteiger partial charge in [-0.05, 0) is 0 Å². The van der Waals surface area contributed by atoms with Gasteiger partial charge in [-0.25, -0.2) is 0 Å². The van der Waals surface area contributed by atoms with Gasteiger partial charge < -0.3 is 0 Å². The molecule has 3 heterocycles. The summed E-state index contributed by atoms with van der Waals surface area (Å²) in [6.45, 7) is 1.97. The Kier molecular flexibility index (Phi) is 2.23. The second kappa shape index (κ2) is 3.67. The Morgan fingerprint density at radius 3 is 3.12 bits per heavy atom. The monoisotopic (exact) mass is 311 g/mol. The van der Waals surface area contributed by atoms with Gasteiger partial charge in [0.05, 0.1) is 0 Å². The second-order valence-corrected chi connectivity index (χ2v) is 7.35. The van der Waals surface area contributed by atoms with Gasteiger partial charge in [-0.15, -0.1) is 0 Å². The summed E-state index contributed by atoms with van der Waals surface area (Å²) in [5.74, 6) is 1.26.